The van der Waals surface area contributed by atoms with Gasteiger partial charge in [0, 0.05) is 36.3 Å². The van der Waals surface area contributed by atoms with Gasteiger partial charge in [0.05, 0.1) is 18.6 Å². The van der Waals surface area contributed by atoms with Crippen LogP contribution in [-0.2, 0) is 4.79 Å². The second kappa shape index (κ2) is 13.7. The molecular weight excluding hydrogens is 486 g/mol. The van der Waals surface area contributed by atoms with Crippen LogP contribution in [0.15, 0.2) is 60.7 Å². The van der Waals surface area contributed by atoms with E-state index in [1.807, 2.05) is 48.7 Å². The summed E-state index contributed by atoms with van der Waals surface area (Å²) in [6.45, 7) is 3.86. The summed E-state index contributed by atoms with van der Waals surface area (Å²) < 4.78 is 15.7. The number of aromatic nitrogens is 1. The fraction of sp³-hybridized carbons (Fsp3) is 0.286. The van der Waals surface area contributed by atoms with E-state index in [0.29, 0.717) is 28.1 Å². The Labute approximate surface area is 237 Å². The van der Waals surface area contributed by atoms with Crippen molar-refractivity contribution >= 4 is 47.5 Å². The van der Waals surface area contributed by atoms with E-state index in [4.69, 9.17) is 5.11 Å². The van der Waals surface area contributed by atoms with Gasteiger partial charge in [-0.05, 0) is 43.2 Å². The van der Waals surface area contributed by atoms with Crippen molar-refractivity contribution in [1.29, 1.82) is 0 Å². The molecule has 1 aromatic heterocycles. The third-order valence-corrected chi connectivity index (χ3v) is 5.80. The van der Waals surface area contributed by atoms with Crippen molar-refractivity contribution in [3.05, 3.63) is 77.9 Å². The van der Waals surface area contributed by atoms with Gasteiger partial charge in [-0.15, -0.1) is 0 Å². The van der Waals surface area contributed by atoms with Gasteiger partial charge in [0.15, 0.2) is 0 Å². The van der Waals surface area contributed by atoms with E-state index in [-0.39, 0.29) is 47.9 Å². The van der Waals surface area contributed by atoms with Crippen LogP contribution < -0.4 is 5.32 Å². The molecule has 9 heteroatoms. The fourth-order valence-electron chi connectivity index (χ4n) is 4.29. The summed E-state index contributed by atoms with van der Waals surface area (Å²) in [7, 11) is 1.55. The predicted octanol–water partition coefficient (Wildman–Crippen LogP) is 3.85. The maximum absolute atomic E-state index is 13.8. The Balaban J connectivity index is 0.00000481. The van der Waals surface area contributed by atoms with Crippen LogP contribution in [0.2, 0.25) is 0 Å². The van der Waals surface area contributed by atoms with Gasteiger partial charge >= 0.3 is 35.5 Å². The minimum atomic E-state index is -1.21. The number of carbonyl (C=O) groups is 2. The van der Waals surface area contributed by atoms with Crippen molar-refractivity contribution in [1.82, 2.24) is 9.88 Å². The number of aliphatic carboxylic acids is 1. The Bertz CT molecular complexity index is 1240. The molecule has 0 fully saturated rings. The summed E-state index contributed by atoms with van der Waals surface area (Å²) >= 11 is 0. The molecule has 0 aliphatic heterocycles. The molecule has 2 aromatic carbocycles. The van der Waals surface area contributed by atoms with Crippen molar-refractivity contribution in [2.75, 3.05) is 7.05 Å². The van der Waals surface area contributed by atoms with E-state index in [2.05, 4.69) is 5.32 Å². The molecule has 192 valence electrons. The number of nitrogens with zero attached hydrogens (tertiary/aromatic N) is 1. The van der Waals surface area contributed by atoms with Crippen LogP contribution in [0, 0.1) is 5.82 Å². The number of benzene rings is 2. The predicted molar refractivity (Wildman–Crippen MR) is 144 cm³/mol. The number of carboxylic acids is 1. The number of carbonyl (C=O) groups excluding carboxylic acids is 1. The van der Waals surface area contributed by atoms with Crippen LogP contribution in [0.4, 0.5) is 4.39 Å². The van der Waals surface area contributed by atoms with E-state index in [1.165, 1.54) is 18.2 Å². The molecule has 1 amide bonds. The van der Waals surface area contributed by atoms with Gasteiger partial charge in [0.2, 0.25) is 0 Å². The molecule has 0 bridgehead atoms. The molecule has 1 heterocycles. The third kappa shape index (κ3) is 7.40. The summed E-state index contributed by atoms with van der Waals surface area (Å²) in [5, 5.41) is 32.0. The van der Waals surface area contributed by atoms with Crippen molar-refractivity contribution < 1.29 is 29.3 Å². The zero-order valence-electron chi connectivity index (χ0n) is 20.5. The Morgan fingerprint density at radius 2 is 1.59 bits per heavy atom. The first-order valence-corrected chi connectivity index (χ1v) is 11.7. The summed E-state index contributed by atoms with van der Waals surface area (Å²) in [5.74, 6) is -1.86. The van der Waals surface area contributed by atoms with Crippen molar-refractivity contribution in [2.24, 2.45) is 0 Å². The van der Waals surface area contributed by atoms with Crippen molar-refractivity contribution in [3.63, 3.8) is 0 Å². The number of hydrogen-bond acceptors (Lipinski definition) is 4. The molecule has 0 aliphatic carbocycles. The number of hydrogen-bond donors (Lipinski definition) is 4. The second-order valence-electron chi connectivity index (χ2n) is 8.81. The SMILES string of the molecule is CNC(=O)c1c(-c2ccccc2)c(-c2ccc(F)cc2)c(C=C[C@@H](O)C[C@@H](O)CC(=O)O)n1C(C)C.[NaH]. The summed E-state index contributed by atoms with van der Waals surface area (Å²) in [6, 6.07) is 15.2. The summed E-state index contributed by atoms with van der Waals surface area (Å²) in [6.07, 6.45) is 0.152. The van der Waals surface area contributed by atoms with Gasteiger partial charge in [-0.3, -0.25) is 9.59 Å². The third-order valence-electron chi connectivity index (χ3n) is 5.80. The molecule has 0 saturated heterocycles. The van der Waals surface area contributed by atoms with E-state index < -0.39 is 30.4 Å². The van der Waals surface area contributed by atoms with Gasteiger partial charge in [-0.25, -0.2) is 4.39 Å². The van der Waals surface area contributed by atoms with Gasteiger partial charge in [-0.2, -0.15) is 0 Å². The Kier molecular flexibility index (Phi) is 11.3. The normalized spacial score (nSPS) is 12.8. The van der Waals surface area contributed by atoms with Gasteiger partial charge in [-0.1, -0.05) is 48.5 Å². The van der Waals surface area contributed by atoms with E-state index >= 15 is 0 Å². The maximum atomic E-state index is 13.8. The summed E-state index contributed by atoms with van der Waals surface area (Å²) in [5.41, 5.74) is 3.85. The molecule has 0 radical (unpaired) electrons. The second-order valence-corrected chi connectivity index (χ2v) is 8.81. The first-order chi connectivity index (χ1) is 17.1. The van der Waals surface area contributed by atoms with Gasteiger partial charge in [0.25, 0.3) is 5.91 Å². The average Bonchev–Trinajstić information content (AvgIpc) is 3.18. The average molecular weight is 519 g/mol. The fourth-order valence-corrected chi connectivity index (χ4v) is 4.29. The van der Waals surface area contributed by atoms with Crippen LogP contribution in [0.1, 0.15) is 48.9 Å². The number of aliphatic hydroxyl groups excluding tert-OH is 2. The Hall–Kier alpha value is -2.75. The van der Waals surface area contributed by atoms with Crippen LogP contribution >= 0.6 is 0 Å². The van der Waals surface area contributed by atoms with E-state index in [9.17, 15) is 24.2 Å². The van der Waals surface area contributed by atoms with E-state index in [1.54, 1.807) is 25.3 Å². The molecule has 2 atom stereocenters. The Morgan fingerprint density at radius 1 is 1.00 bits per heavy atom. The zero-order valence-corrected chi connectivity index (χ0v) is 20.5. The van der Waals surface area contributed by atoms with Crippen LogP contribution in [-0.4, -0.2) is 80.6 Å². The van der Waals surface area contributed by atoms with Crippen LogP contribution in [0.25, 0.3) is 28.3 Å². The van der Waals surface area contributed by atoms with Crippen molar-refractivity contribution in [3.8, 4) is 22.3 Å². The topological polar surface area (TPSA) is 112 Å². The number of amides is 1. The molecular formula is C28H32FN2NaO5. The first kappa shape index (κ1) is 30.5. The molecule has 0 unspecified atom stereocenters. The Morgan fingerprint density at radius 3 is 2.14 bits per heavy atom. The number of halogens is 1. The number of aliphatic hydroxyl groups is 2. The number of carboxylic acid groups (broad SMARTS) is 1. The van der Waals surface area contributed by atoms with Gasteiger partial charge < -0.3 is 25.2 Å². The quantitative estimate of drug-likeness (QED) is 0.305. The molecule has 4 N–H and O–H groups in total. The monoisotopic (exact) mass is 518 g/mol. The zero-order chi connectivity index (χ0) is 26.4. The van der Waals surface area contributed by atoms with Crippen LogP contribution in [0.5, 0.6) is 0 Å². The van der Waals surface area contributed by atoms with Crippen molar-refractivity contribution in [2.45, 2.75) is 44.9 Å². The number of nitrogens with one attached hydrogen (secondary N) is 1. The molecule has 0 saturated carbocycles. The van der Waals surface area contributed by atoms with Crippen LogP contribution in [0.3, 0.4) is 0 Å². The number of rotatable bonds is 10. The first-order valence-electron chi connectivity index (χ1n) is 11.7. The van der Waals surface area contributed by atoms with Gasteiger partial charge in [0.1, 0.15) is 11.5 Å². The standard InChI is InChI=1S/C28H31FN2O5.Na.H/c1-17(2)31-23(14-13-21(32)15-22(33)16-24(34)35)25(19-9-11-20(29)12-10-19)26(27(31)28(36)30-3)18-7-5-4-6-8-18;;/h4-14,17,21-22,32-33H,15-16H2,1-3H3,(H,30,36)(H,34,35);;/t21-,22-;;/m1../s1. The molecule has 0 spiro atoms. The minimum absolute atomic E-state index is 0. The van der Waals surface area contributed by atoms with E-state index in [0.717, 1.165) is 5.56 Å². The molecule has 3 aromatic rings. The molecule has 0 aliphatic rings. The summed E-state index contributed by atoms with van der Waals surface area (Å²) in [4.78, 5) is 24.1. The molecule has 3 rings (SSSR count). The molecule has 37 heavy (non-hydrogen) atoms. The molecule has 7 nitrogen and oxygen atoms in total.